The molecule has 5 nitrogen and oxygen atoms in total. The lowest BCUT2D eigenvalue weighted by Gasteiger charge is -2.23. The van der Waals surface area contributed by atoms with Gasteiger partial charge in [-0.3, -0.25) is 0 Å². The number of halogens is 2. The molecule has 2 rings (SSSR count). The molecular formula is C12H15BrClNO4S2. The highest BCUT2D eigenvalue weighted by Crippen LogP contribution is 2.29. The zero-order valence-electron chi connectivity index (χ0n) is 11.3. The summed E-state index contributed by atoms with van der Waals surface area (Å²) < 4.78 is 50.0. The van der Waals surface area contributed by atoms with E-state index in [-0.39, 0.29) is 22.3 Å². The minimum atomic E-state index is -3.77. The van der Waals surface area contributed by atoms with E-state index < -0.39 is 25.9 Å². The van der Waals surface area contributed by atoms with Crippen molar-refractivity contribution in [1.82, 2.24) is 4.31 Å². The first kappa shape index (κ1) is 17.2. The van der Waals surface area contributed by atoms with Crippen molar-refractivity contribution < 1.29 is 16.8 Å². The number of alkyl halides is 1. The molecular weight excluding hydrogens is 402 g/mol. The summed E-state index contributed by atoms with van der Waals surface area (Å²) in [5.41, 5.74) is 0.686. The minimum absolute atomic E-state index is 0.0282. The lowest BCUT2D eigenvalue weighted by Crippen LogP contribution is -2.38. The summed E-state index contributed by atoms with van der Waals surface area (Å²) in [6.07, 6.45) is 0.324. The molecule has 1 aromatic rings. The molecule has 1 saturated heterocycles. The van der Waals surface area contributed by atoms with Crippen molar-refractivity contribution in [1.29, 1.82) is 0 Å². The molecule has 21 heavy (non-hydrogen) atoms. The normalized spacial score (nSPS) is 21.8. The average molecular weight is 417 g/mol. The Morgan fingerprint density at radius 1 is 1.43 bits per heavy atom. The van der Waals surface area contributed by atoms with Gasteiger partial charge in [0.25, 0.3) is 0 Å². The number of rotatable bonds is 4. The van der Waals surface area contributed by atoms with Crippen LogP contribution in [0.3, 0.4) is 0 Å². The second-order valence-corrected chi connectivity index (χ2v) is 10.3. The van der Waals surface area contributed by atoms with Crippen LogP contribution in [0.4, 0.5) is 0 Å². The first-order chi connectivity index (χ1) is 9.67. The molecule has 0 aromatic heterocycles. The molecule has 1 aromatic carbocycles. The van der Waals surface area contributed by atoms with Crippen molar-refractivity contribution in [3.63, 3.8) is 0 Å². The van der Waals surface area contributed by atoms with Crippen LogP contribution in [0.1, 0.15) is 12.0 Å². The summed E-state index contributed by atoms with van der Waals surface area (Å²) in [4.78, 5) is 0.104. The lowest BCUT2D eigenvalue weighted by molar-refractivity contribution is 0.393. The highest BCUT2D eigenvalue weighted by Gasteiger charge is 2.37. The molecule has 1 heterocycles. The summed E-state index contributed by atoms with van der Waals surface area (Å²) in [5, 5.41) is 0. The Labute approximate surface area is 138 Å². The number of nitrogens with zero attached hydrogens (tertiary/aromatic N) is 1. The number of sulfone groups is 1. The van der Waals surface area contributed by atoms with Crippen LogP contribution in [0.15, 0.2) is 27.6 Å². The van der Waals surface area contributed by atoms with E-state index in [1.165, 1.54) is 13.1 Å². The standard InChI is InChI=1S/C12H15BrClNO4S2/c1-15(10-4-5-20(16,17)8-10)21(18,19)12-6-9(7-14)2-3-11(12)13/h2-3,6,10H,4-5,7-8H2,1H3. The summed E-state index contributed by atoms with van der Waals surface area (Å²) in [5.74, 6) is 0.104. The molecule has 1 aliphatic rings. The maximum absolute atomic E-state index is 12.7. The molecule has 0 bridgehead atoms. The van der Waals surface area contributed by atoms with E-state index in [9.17, 15) is 16.8 Å². The van der Waals surface area contributed by atoms with Gasteiger partial charge in [0, 0.05) is 23.4 Å². The van der Waals surface area contributed by atoms with Crippen LogP contribution in [-0.2, 0) is 25.7 Å². The highest BCUT2D eigenvalue weighted by atomic mass is 79.9. The SMILES string of the molecule is CN(C1CCS(=O)(=O)C1)S(=O)(=O)c1cc(CCl)ccc1Br. The van der Waals surface area contributed by atoms with E-state index >= 15 is 0 Å². The van der Waals surface area contributed by atoms with Crippen molar-refractivity contribution in [3.05, 3.63) is 28.2 Å². The quantitative estimate of drug-likeness (QED) is 0.704. The number of hydrogen-bond donors (Lipinski definition) is 0. The Bertz CT molecular complexity index is 749. The summed E-state index contributed by atoms with van der Waals surface area (Å²) in [6.45, 7) is 0. The third kappa shape index (κ3) is 3.61. The predicted octanol–water partition coefficient (Wildman–Crippen LogP) is 2.00. The van der Waals surface area contributed by atoms with Gasteiger partial charge in [-0.2, -0.15) is 4.31 Å². The molecule has 118 valence electrons. The van der Waals surface area contributed by atoms with Crippen molar-refractivity contribution in [2.45, 2.75) is 23.2 Å². The zero-order valence-corrected chi connectivity index (χ0v) is 15.3. The first-order valence-electron chi connectivity index (χ1n) is 6.20. The molecule has 0 N–H and O–H groups in total. The molecule has 0 radical (unpaired) electrons. The molecule has 9 heteroatoms. The van der Waals surface area contributed by atoms with E-state index in [1.807, 2.05) is 0 Å². The van der Waals surface area contributed by atoms with Crippen LogP contribution in [0.2, 0.25) is 0 Å². The number of hydrogen-bond acceptors (Lipinski definition) is 4. The molecule has 0 aliphatic carbocycles. The minimum Gasteiger partial charge on any atom is -0.229 e. The monoisotopic (exact) mass is 415 g/mol. The Kier molecular flexibility index (Phi) is 5.04. The second kappa shape index (κ2) is 6.16. The average Bonchev–Trinajstić information content (AvgIpc) is 2.78. The fraction of sp³-hybridized carbons (Fsp3) is 0.500. The Morgan fingerprint density at radius 3 is 2.62 bits per heavy atom. The highest BCUT2D eigenvalue weighted by molar-refractivity contribution is 9.10. The van der Waals surface area contributed by atoms with Gasteiger partial charge >= 0.3 is 0 Å². The fourth-order valence-electron chi connectivity index (χ4n) is 2.24. The maximum Gasteiger partial charge on any atom is 0.244 e. The first-order valence-corrected chi connectivity index (χ1v) is 10.8. The third-order valence-corrected chi connectivity index (χ3v) is 8.49. The van der Waals surface area contributed by atoms with Gasteiger partial charge in [0.1, 0.15) is 0 Å². The third-order valence-electron chi connectivity index (χ3n) is 3.53. The smallest absolute Gasteiger partial charge is 0.229 e. The van der Waals surface area contributed by atoms with Crippen LogP contribution < -0.4 is 0 Å². The second-order valence-electron chi connectivity index (χ2n) is 4.98. The van der Waals surface area contributed by atoms with E-state index in [0.29, 0.717) is 16.5 Å². The van der Waals surface area contributed by atoms with Crippen LogP contribution in [0, 0.1) is 0 Å². The van der Waals surface area contributed by atoms with Crippen molar-refractivity contribution in [3.8, 4) is 0 Å². The van der Waals surface area contributed by atoms with Gasteiger partial charge in [0.2, 0.25) is 10.0 Å². The van der Waals surface area contributed by atoms with Gasteiger partial charge in [-0.05, 0) is 40.0 Å². The Hall–Kier alpha value is -0.150. The largest absolute Gasteiger partial charge is 0.244 e. The van der Waals surface area contributed by atoms with E-state index in [4.69, 9.17) is 11.6 Å². The van der Waals surface area contributed by atoms with Crippen LogP contribution in [-0.4, -0.2) is 45.7 Å². The van der Waals surface area contributed by atoms with E-state index in [0.717, 1.165) is 4.31 Å². The van der Waals surface area contributed by atoms with Gasteiger partial charge in [-0.1, -0.05) is 6.07 Å². The summed E-state index contributed by atoms with van der Waals surface area (Å²) in [6, 6.07) is 4.35. The van der Waals surface area contributed by atoms with Gasteiger partial charge in [0.05, 0.1) is 16.4 Å². The number of benzene rings is 1. The van der Waals surface area contributed by atoms with Crippen molar-refractivity contribution in [2.75, 3.05) is 18.6 Å². The fourth-order valence-corrected chi connectivity index (χ4v) is 6.63. The van der Waals surface area contributed by atoms with Crippen molar-refractivity contribution >= 4 is 47.4 Å². The van der Waals surface area contributed by atoms with Crippen LogP contribution in [0.25, 0.3) is 0 Å². The predicted molar refractivity (Wildman–Crippen MR) is 85.7 cm³/mol. The topological polar surface area (TPSA) is 71.5 Å². The molecule has 1 unspecified atom stereocenters. The molecule has 0 saturated carbocycles. The molecule has 1 aliphatic heterocycles. The van der Waals surface area contributed by atoms with E-state index in [1.54, 1.807) is 12.1 Å². The summed E-state index contributed by atoms with van der Waals surface area (Å²) in [7, 11) is -5.50. The molecule has 0 amide bonds. The van der Waals surface area contributed by atoms with Crippen molar-refractivity contribution in [2.24, 2.45) is 0 Å². The Morgan fingerprint density at radius 2 is 2.10 bits per heavy atom. The lowest BCUT2D eigenvalue weighted by atomic mass is 10.2. The van der Waals surface area contributed by atoms with Crippen LogP contribution >= 0.6 is 27.5 Å². The summed E-state index contributed by atoms with van der Waals surface area (Å²) >= 11 is 8.97. The van der Waals surface area contributed by atoms with Gasteiger partial charge in [-0.15, -0.1) is 11.6 Å². The molecule has 1 atom stereocenters. The molecule has 1 fully saturated rings. The number of sulfonamides is 1. The van der Waals surface area contributed by atoms with E-state index in [2.05, 4.69) is 15.9 Å². The molecule has 0 spiro atoms. The maximum atomic E-state index is 12.7. The van der Waals surface area contributed by atoms with Gasteiger partial charge in [-0.25, -0.2) is 16.8 Å². The Balaban J connectivity index is 2.38. The van der Waals surface area contributed by atoms with Gasteiger partial charge in [0.15, 0.2) is 9.84 Å². The van der Waals surface area contributed by atoms with Crippen LogP contribution in [0.5, 0.6) is 0 Å². The van der Waals surface area contributed by atoms with Gasteiger partial charge < -0.3 is 0 Å². The zero-order chi connectivity index (χ0) is 15.8.